The third-order valence-electron chi connectivity index (χ3n) is 6.16. The van der Waals surface area contributed by atoms with Crippen LogP contribution in [-0.2, 0) is 16.8 Å². The fraction of sp³-hybridized carbons (Fsp3) is 0.632. The van der Waals surface area contributed by atoms with Crippen LogP contribution in [0.5, 0.6) is 0 Å². The summed E-state index contributed by atoms with van der Waals surface area (Å²) in [7, 11) is 0. The predicted molar refractivity (Wildman–Crippen MR) is 109 cm³/mol. The highest BCUT2D eigenvalue weighted by molar-refractivity contribution is 7.14. The van der Waals surface area contributed by atoms with E-state index < -0.39 is 0 Å². The Bertz CT molecular complexity index is 818. The quantitative estimate of drug-likeness (QED) is 0.775. The second kappa shape index (κ2) is 8.10. The molecule has 0 aromatic carbocycles. The molecule has 2 fully saturated rings. The lowest BCUT2D eigenvalue weighted by atomic mass is 9.83. The molecule has 0 saturated carbocycles. The van der Waals surface area contributed by atoms with Crippen molar-refractivity contribution in [1.29, 1.82) is 0 Å². The largest absolute Gasteiger partial charge is 0.370 e. The van der Waals surface area contributed by atoms with E-state index in [0.717, 1.165) is 69.0 Å². The van der Waals surface area contributed by atoms with Crippen LogP contribution in [0.25, 0.3) is 0 Å². The average molecular weight is 424 g/mol. The van der Waals surface area contributed by atoms with E-state index in [-0.39, 0.29) is 29.8 Å². The van der Waals surface area contributed by atoms with E-state index in [1.165, 1.54) is 10.4 Å². The third kappa shape index (κ3) is 3.47. The van der Waals surface area contributed by atoms with Crippen LogP contribution in [0, 0.1) is 0 Å². The standard InChI is InChI=1S/C19H25N5O2S.ClH/c25-18(24-8-1-2-13(11-24)17-21-12-22-23-17)16-10-14-15(27-16)3-9-26-19(14)4-6-20-7-5-19;/h10,12-13,20H,1-9,11H2,(H,21,22,23);1H. The first kappa shape index (κ1) is 19.8. The molecule has 152 valence electrons. The molecule has 1 amide bonds. The number of H-pyrrole nitrogens is 1. The van der Waals surface area contributed by atoms with Gasteiger partial charge in [-0.2, -0.15) is 5.10 Å². The summed E-state index contributed by atoms with van der Waals surface area (Å²) in [6, 6.07) is 2.13. The van der Waals surface area contributed by atoms with Gasteiger partial charge in [0.15, 0.2) is 0 Å². The van der Waals surface area contributed by atoms with E-state index in [0.29, 0.717) is 6.54 Å². The van der Waals surface area contributed by atoms with Gasteiger partial charge in [-0.25, -0.2) is 4.98 Å². The number of thiophene rings is 1. The Kier molecular flexibility index (Phi) is 5.73. The van der Waals surface area contributed by atoms with Gasteiger partial charge in [0.05, 0.1) is 17.1 Å². The van der Waals surface area contributed by atoms with Crippen LogP contribution < -0.4 is 5.32 Å². The number of ether oxygens (including phenoxy) is 1. The molecule has 0 radical (unpaired) electrons. The first-order valence-corrected chi connectivity index (χ1v) is 10.7. The summed E-state index contributed by atoms with van der Waals surface area (Å²) in [5, 5.41) is 10.3. The molecule has 5 rings (SSSR count). The highest BCUT2D eigenvalue weighted by atomic mass is 35.5. The first-order chi connectivity index (χ1) is 13.3. The molecule has 2 aromatic heterocycles. The summed E-state index contributed by atoms with van der Waals surface area (Å²) in [4.78, 5) is 21.7. The Morgan fingerprint density at radius 2 is 2.21 bits per heavy atom. The molecule has 2 aromatic rings. The lowest BCUT2D eigenvalue weighted by Crippen LogP contribution is -2.44. The molecule has 0 bridgehead atoms. The van der Waals surface area contributed by atoms with Crippen LogP contribution in [0.2, 0.25) is 0 Å². The van der Waals surface area contributed by atoms with E-state index in [2.05, 4.69) is 26.6 Å². The van der Waals surface area contributed by atoms with Crippen LogP contribution in [-0.4, -0.2) is 58.8 Å². The number of hydrogen-bond acceptors (Lipinski definition) is 6. The lowest BCUT2D eigenvalue weighted by molar-refractivity contribution is -0.0792. The Morgan fingerprint density at radius 3 is 3.00 bits per heavy atom. The van der Waals surface area contributed by atoms with Gasteiger partial charge in [0.2, 0.25) is 0 Å². The van der Waals surface area contributed by atoms with Gasteiger partial charge in [-0.05, 0) is 50.4 Å². The van der Waals surface area contributed by atoms with Crippen molar-refractivity contribution in [1.82, 2.24) is 25.4 Å². The summed E-state index contributed by atoms with van der Waals surface area (Å²) in [5.74, 6) is 1.29. The fourth-order valence-electron chi connectivity index (χ4n) is 4.72. The number of aromatic nitrogens is 3. The maximum Gasteiger partial charge on any atom is 0.263 e. The first-order valence-electron chi connectivity index (χ1n) is 9.88. The molecule has 5 heterocycles. The van der Waals surface area contributed by atoms with Crippen molar-refractivity contribution in [3.63, 3.8) is 0 Å². The molecule has 3 aliphatic rings. The van der Waals surface area contributed by atoms with Gasteiger partial charge in [-0.15, -0.1) is 23.7 Å². The molecule has 9 heteroatoms. The van der Waals surface area contributed by atoms with Gasteiger partial charge in [0.1, 0.15) is 12.2 Å². The third-order valence-corrected chi connectivity index (χ3v) is 7.34. The number of halogens is 1. The number of fused-ring (bicyclic) bond motifs is 2. The molecule has 2 saturated heterocycles. The number of rotatable bonds is 2. The van der Waals surface area contributed by atoms with Gasteiger partial charge in [0.25, 0.3) is 5.91 Å². The summed E-state index contributed by atoms with van der Waals surface area (Å²) in [6.45, 7) is 4.24. The van der Waals surface area contributed by atoms with Crippen molar-refractivity contribution in [3.8, 4) is 0 Å². The highest BCUT2D eigenvalue weighted by Crippen LogP contribution is 2.43. The monoisotopic (exact) mass is 423 g/mol. The van der Waals surface area contributed by atoms with E-state index in [9.17, 15) is 4.79 Å². The number of amides is 1. The summed E-state index contributed by atoms with van der Waals surface area (Å²) < 4.78 is 6.26. The summed E-state index contributed by atoms with van der Waals surface area (Å²) in [6.07, 6.45) is 6.49. The van der Waals surface area contributed by atoms with Gasteiger partial charge >= 0.3 is 0 Å². The minimum absolute atomic E-state index is 0. The van der Waals surface area contributed by atoms with Crippen molar-refractivity contribution in [2.45, 2.75) is 43.6 Å². The Balaban J connectivity index is 0.00000192. The fourth-order valence-corrected chi connectivity index (χ4v) is 5.92. The average Bonchev–Trinajstić information content (AvgIpc) is 3.39. The van der Waals surface area contributed by atoms with E-state index >= 15 is 0 Å². The predicted octanol–water partition coefficient (Wildman–Crippen LogP) is 2.46. The van der Waals surface area contributed by atoms with Gasteiger partial charge in [-0.1, -0.05) is 0 Å². The molecule has 1 spiro atoms. The number of carbonyl (C=O) groups is 1. The molecule has 2 N–H and O–H groups in total. The Labute approximate surface area is 174 Å². The van der Waals surface area contributed by atoms with Crippen molar-refractivity contribution >= 4 is 29.7 Å². The van der Waals surface area contributed by atoms with Gasteiger partial charge < -0.3 is 15.0 Å². The minimum Gasteiger partial charge on any atom is -0.370 e. The molecule has 3 aliphatic heterocycles. The number of piperidine rings is 2. The Morgan fingerprint density at radius 1 is 1.36 bits per heavy atom. The summed E-state index contributed by atoms with van der Waals surface area (Å²) >= 11 is 1.68. The zero-order valence-electron chi connectivity index (χ0n) is 15.8. The number of likely N-dealkylation sites (tertiary alicyclic amines) is 1. The van der Waals surface area contributed by atoms with E-state index in [1.807, 2.05) is 4.90 Å². The molecule has 28 heavy (non-hydrogen) atoms. The van der Waals surface area contributed by atoms with Crippen LogP contribution in [0.4, 0.5) is 0 Å². The topological polar surface area (TPSA) is 83.1 Å². The number of aromatic amines is 1. The van der Waals surface area contributed by atoms with E-state index in [4.69, 9.17) is 4.74 Å². The zero-order chi connectivity index (χ0) is 18.3. The number of nitrogens with zero attached hydrogens (tertiary/aromatic N) is 3. The molecule has 1 unspecified atom stereocenters. The number of hydrogen-bond donors (Lipinski definition) is 2. The second-order valence-corrected chi connectivity index (χ2v) is 8.89. The smallest absolute Gasteiger partial charge is 0.263 e. The molecular weight excluding hydrogens is 398 g/mol. The van der Waals surface area contributed by atoms with Crippen LogP contribution in [0.15, 0.2) is 12.4 Å². The SMILES string of the molecule is Cl.O=C(c1cc2c(s1)CCOC21CCNCC1)N1CCCC(c2ncn[nH]2)C1. The minimum atomic E-state index is -0.182. The van der Waals surface area contributed by atoms with Gasteiger partial charge in [-0.3, -0.25) is 9.89 Å². The van der Waals surface area contributed by atoms with Crippen molar-refractivity contribution in [3.05, 3.63) is 33.5 Å². The molecule has 1 atom stereocenters. The summed E-state index contributed by atoms with van der Waals surface area (Å²) in [5.41, 5.74) is 1.09. The molecule has 7 nitrogen and oxygen atoms in total. The highest BCUT2D eigenvalue weighted by Gasteiger charge is 2.41. The number of nitrogens with one attached hydrogen (secondary N) is 2. The second-order valence-electron chi connectivity index (χ2n) is 7.75. The van der Waals surface area contributed by atoms with Crippen LogP contribution in [0.1, 0.15) is 57.5 Å². The van der Waals surface area contributed by atoms with Crippen molar-refractivity contribution in [2.24, 2.45) is 0 Å². The maximum absolute atomic E-state index is 13.2. The lowest BCUT2D eigenvalue weighted by Gasteiger charge is -2.40. The molecule has 0 aliphatic carbocycles. The molecular formula is C19H26ClN5O2S. The van der Waals surface area contributed by atoms with Crippen molar-refractivity contribution < 1.29 is 9.53 Å². The van der Waals surface area contributed by atoms with Crippen LogP contribution in [0.3, 0.4) is 0 Å². The normalized spacial score (nSPS) is 23.9. The Hall–Kier alpha value is -1.48. The van der Waals surface area contributed by atoms with Crippen molar-refractivity contribution in [2.75, 3.05) is 32.8 Å². The maximum atomic E-state index is 13.2. The van der Waals surface area contributed by atoms with Gasteiger partial charge in [0, 0.05) is 30.3 Å². The van der Waals surface area contributed by atoms with Crippen LogP contribution >= 0.6 is 23.7 Å². The zero-order valence-corrected chi connectivity index (χ0v) is 17.4. The van der Waals surface area contributed by atoms with E-state index in [1.54, 1.807) is 17.7 Å². The number of carbonyl (C=O) groups excluding carboxylic acids is 1.